The van der Waals surface area contributed by atoms with Gasteiger partial charge in [-0.05, 0) is 65.3 Å². The van der Waals surface area contributed by atoms with E-state index < -0.39 is 0 Å². The number of benzene rings is 3. The number of rotatable bonds is 8. The topological polar surface area (TPSA) is 43.5 Å². The third kappa shape index (κ3) is 3.91. The predicted octanol–water partition coefficient (Wildman–Crippen LogP) is 6.50. The summed E-state index contributed by atoms with van der Waals surface area (Å²) in [7, 11) is 0. The zero-order valence-electron chi connectivity index (χ0n) is 21.5. The highest BCUT2D eigenvalue weighted by atomic mass is 16.6. The van der Waals surface area contributed by atoms with E-state index >= 15 is 0 Å². The van der Waals surface area contributed by atoms with E-state index in [2.05, 4.69) is 86.7 Å². The van der Waals surface area contributed by atoms with Crippen molar-refractivity contribution in [3.63, 3.8) is 0 Å². The minimum Gasteiger partial charge on any atom is -0.495 e. The Morgan fingerprint density at radius 2 is 1.41 bits per heavy atom. The lowest BCUT2D eigenvalue weighted by atomic mass is 9.64. The molecule has 2 saturated heterocycles. The second-order valence-corrected chi connectivity index (χ2v) is 10.6. The standard InChI is InChI=1S/C33H32O4/c1-21-15-23(11-13-31(21)36-19-25-17-34-25)33(24-12-14-32(22(2)16-24)37-20-26-18-35-26)29-9-5-3-7-27(29)28-8-4-6-10-30(28)33/h3-11,13,15-16,25-26H,12,14,17-20H2,1-2H3. The molecule has 0 bridgehead atoms. The molecule has 37 heavy (non-hydrogen) atoms. The van der Waals surface area contributed by atoms with Gasteiger partial charge >= 0.3 is 0 Å². The van der Waals surface area contributed by atoms with Gasteiger partial charge in [-0.2, -0.15) is 0 Å². The van der Waals surface area contributed by atoms with E-state index in [1.165, 1.54) is 39.0 Å². The van der Waals surface area contributed by atoms with Gasteiger partial charge in [0.2, 0.25) is 0 Å². The first-order valence-electron chi connectivity index (χ1n) is 13.3. The minimum absolute atomic E-state index is 0.240. The van der Waals surface area contributed by atoms with E-state index in [0.717, 1.165) is 43.1 Å². The van der Waals surface area contributed by atoms with Crippen LogP contribution >= 0.6 is 0 Å². The van der Waals surface area contributed by atoms with Gasteiger partial charge in [0.25, 0.3) is 0 Å². The average molecular weight is 493 g/mol. The van der Waals surface area contributed by atoms with Crippen LogP contribution in [0.4, 0.5) is 0 Å². The summed E-state index contributed by atoms with van der Waals surface area (Å²) in [4.78, 5) is 0. The lowest BCUT2D eigenvalue weighted by Crippen LogP contribution is -2.31. The van der Waals surface area contributed by atoms with Crippen LogP contribution in [0.3, 0.4) is 0 Å². The summed E-state index contributed by atoms with van der Waals surface area (Å²) < 4.78 is 23.0. The van der Waals surface area contributed by atoms with E-state index in [4.69, 9.17) is 18.9 Å². The highest BCUT2D eigenvalue weighted by Crippen LogP contribution is 2.58. The monoisotopic (exact) mass is 492 g/mol. The van der Waals surface area contributed by atoms with Gasteiger partial charge < -0.3 is 18.9 Å². The number of hydrogen-bond acceptors (Lipinski definition) is 4. The molecule has 2 aliphatic carbocycles. The van der Waals surface area contributed by atoms with Gasteiger partial charge in [-0.25, -0.2) is 0 Å². The number of aryl methyl sites for hydroxylation is 1. The van der Waals surface area contributed by atoms with E-state index in [1.54, 1.807) is 0 Å². The molecule has 0 saturated carbocycles. The molecule has 0 spiro atoms. The molecular weight excluding hydrogens is 460 g/mol. The Morgan fingerprint density at radius 1 is 0.784 bits per heavy atom. The molecule has 4 heteroatoms. The van der Waals surface area contributed by atoms with Crippen LogP contribution in [0.15, 0.2) is 89.7 Å². The normalized spacial score (nSPS) is 22.7. The predicted molar refractivity (Wildman–Crippen MR) is 144 cm³/mol. The van der Waals surface area contributed by atoms with Crippen LogP contribution in [-0.4, -0.2) is 38.6 Å². The van der Waals surface area contributed by atoms with E-state index in [0.29, 0.717) is 13.2 Å². The molecule has 0 amide bonds. The van der Waals surface area contributed by atoms with Crippen LogP contribution in [0.2, 0.25) is 0 Å². The van der Waals surface area contributed by atoms with Gasteiger partial charge in [0.05, 0.1) is 24.4 Å². The largest absolute Gasteiger partial charge is 0.495 e. The third-order valence-electron chi connectivity index (χ3n) is 8.17. The zero-order valence-corrected chi connectivity index (χ0v) is 21.5. The fourth-order valence-electron chi connectivity index (χ4n) is 6.17. The maximum atomic E-state index is 6.18. The summed E-state index contributed by atoms with van der Waals surface area (Å²) in [5.41, 5.74) is 10.0. The number of hydrogen-bond donors (Lipinski definition) is 0. The van der Waals surface area contributed by atoms with E-state index in [-0.39, 0.29) is 17.6 Å². The number of ether oxygens (including phenoxy) is 4. The van der Waals surface area contributed by atoms with E-state index in [1.807, 2.05) is 0 Å². The van der Waals surface area contributed by atoms with Gasteiger partial charge in [-0.15, -0.1) is 0 Å². The van der Waals surface area contributed by atoms with Gasteiger partial charge in [-0.1, -0.05) is 72.3 Å². The molecule has 0 aromatic heterocycles. The first-order valence-corrected chi connectivity index (χ1v) is 13.3. The number of allylic oxidation sites excluding steroid dienone is 4. The van der Waals surface area contributed by atoms with Crippen LogP contribution in [0, 0.1) is 6.92 Å². The Morgan fingerprint density at radius 3 is 2.00 bits per heavy atom. The van der Waals surface area contributed by atoms with Crippen molar-refractivity contribution in [3.8, 4) is 16.9 Å². The number of fused-ring (bicyclic) bond motifs is 3. The molecule has 2 atom stereocenters. The van der Waals surface area contributed by atoms with Crippen LogP contribution in [-0.2, 0) is 19.6 Å². The maximum Gasteiger partial charge on any atom is 0.122 e. The van der Waals surface area contributed by atoms with Crippen LogP contribution in [0.1, 0.15) is 42.0 Å². The fourth-order valence-corrected chi connectivity index (χ4v) is 6.17. The summed E-state index contributed by atoms with van der Waals surface area (Å²) in [5.74, 6) is 2.02. The molecular formula is C33H32O4. The molecule has 0 N–H and O–H groups in total. The maximum absolute atomic E-state index is 6.18. The lowest BCUT2D eigenvalue weighted by Gasteiger charge is -2.38. The van der Waals surface area contributed by atoms with Gasteiger partial charge in [-0.3, -0.25) is 0 Å². The van der Waals surface area contributed by atoms with Crippen molar-refractivity contribution in [1.82, 2.24) is 0 Å². The molecule has 4 aliphatic rings. The zero-order chi connectivity index (χ0) is 25.0. The summed E-state index contributed by atoms with van der Waals surface area (Å²) in [6.07, 6.45) is 4.73. The first kappa shape index (κ1) is 22.8. The third-order valence-corrected chi connectivity index (χ3v) is 8.17. The average Bonchev–Trinajstić information content (AvgIpc) is 3.85. The molecule has 2 unspecified atom stereocenters. The van der Waals surface area contributed by atoms with Crippen molar-refractivity contribution in [2.45, 2.75) is 44.3 Å². The summed E-state index contributed by atoms with van der Waals surface area (Å²) in [6, 6.07) is 24.6. The van der Waals surface area contributed by atoms with Crippen molar-refractivity contribution >= 4 is 0 Å². The van der Waals surface area contributed by atoms with Crippen molar-refractivity contribution in [3.05, 3.63) is 112 Å². The number of epoxide rings is 2. The Balaban J connectivity index is 1.38. The quantitative estimate of drug-likeness (QED) is 0.337. The first-order chi connectivity index (χ1) is 18.1. The molecule has 2 heterocycles. The van der Waals surface area contributed by atoms with Crippen LogP contribution < -0.4 is 4.74 Å². The van der Waals surface area contributed by atoms with Gasteiger partial charge in [0.1, 0.15) is 31.2 Å². The molecule has 2 fully saturated rings. The van der Waals surface area contributed by atoms with Gasteiger partial charge in [0.15, 0.2) is 0 Å². The highest BCUT2D eigenvalue weighted by Gasteiger charge is 2.47. The van der Waals surface area contributed by atoms with Crippen molar-refractivity contribution in [2.24, 2.45) is 0 Å². The second-order valence-electron chi connectivity index (χ2n) is 10.6. The minimum atomic E-state index is -0.359. The van der Waals surface area contributed by atoms with E-state index in [9.17, 15) is 0 Å². The van der Waals surface area contributed by atoms with Gasteiger partial charge in [0, 0.05) is 6.42 Å². The Hall–Kier alpha value is -3.34. The Kier molecular flexibility index (Phi) is 5.49. The van der Waals surface area contributed by atoms with Crippen LogP contribution in [0.5, 0.6) is 5.75 Å². The highest BCUT2D eigenvalue weighted by molar-refractivity contribution is 5.86. The van der Waals surface area contributed by atoms with Crippen molar-refractivity contribution in [1.29, 1.82) is 0 Å². The summed E-state index contributed by atoms with van der Waals surface area (Å²) in [6.45, 7) is 7.22. The smallest absolute Gasteiger partial charge is 0.122 e. The molecule has 188 valence electrons. The molecule has 3 aromatic rings. The lowest BCUT2D eigenvalue weighted by molar-refractivity contribution is 0.172. The SMILES string of the molecule is CC1=C(OCC2CO2)CCC(C2(c3ccc(OCC4CO4)c(C)c3)c3ccccc3-c3ccccc32)=C1. The van der Waals surface area contributed by atoms with Crippen molar-refractivity contribution in [2.75, 3.05) is 26.4 Å². The molecule has 2 aliphatic heterocycles. The summed E-state index contributed by atoms with van der Waals surface area (Å²) in [5, 5.41) is 0. The molecule has 0 radical (unpaired) electrons. The second kappa shape index (κ2) is 8.90. The molecule has 4 nitrogen and oxygen atoms in total. The fraction of sp³-hybridized carbons (Fsp3) is 0.333. The molecule has 3 aromatic carbocycles. The Bertz CT molecular complexity index is 1380. The molecule has 7 rings (SSSR count). The van der Waals surface area contributed by atoms with Crippen LogP contribution in [0.25, 0.3) is 11.1 Å². The van der Waals surface area contributed by atoms with Crippen molar-refractivity contribution < 1.29 is 18.9 Å². The Labute approximate surface area is 218 Å². The summed E-state index contributed by atoms with van der Waals surface area (Å²) >= 11 is 0.